The van der Waals surface area contributed by atoms with Crippen molar-refractivity contribution in [3.8, 4) is 11.5 Å². The maximum atomic E-state index is 12.1. The van der Waals surface area contributed by atoms with E-state index < -0.39 is 58.3 Å². The van der Waals surface area contributed by atoms with Crippen LogP contribution in [0.1, 0.15) is 55.3 Å². The lowest BCUT2D eigenvalue weighted by molar-refractivity contribution is -0.790. The van der Waals surface area contributed by atoms with Crippen LogP contribution in [0.5, 0.6) is 11.5 Å². The van der Waals surface area contributed by atoms with Crippen molar-refractivity contribution in [3.05, 3.63) is 37.9 Å². The Hall–Kier alpha value is -4.25. The van der Waals surface area contributed by atoms with Gasteiger partial charge in [-0.05, 0) is 37.8 Å². The van der Waals surface area contributed by atoms with Gasteiger partial charge in [-0.25, -0.2) is 0 Å². The van der Waals surface area contributed by atoms with Crippen LogP contribution in [-0.4, -0.2) is 68.1 Å². The van der Waals surface area contributed by atoms with Gasteiger partial charge in [-0.1, -0.05) is 0 Å². The van der Waals surface area contributed by atoms with E-state index in [1.54, 1.807) is 0 Å². The summed E-state index contributed by atoms with van der Waals surface area (Å²) in [4.78, 5) is 64.5. The highest BCUT2D eigenvalue weighted by molar-refractivity contribution is 6.00. The van der Waals surface area contributed by atoms with Crippen molar-refractivity contribution in [1.29, 1.82) is 0 Å². The zero-order chi connectivity index (χ0) is 28.1. The number of anilines is 1. The number of ether oxygens (including phenoxy) is 1. The van der Waals surface area contributed by atoms with Crippen molar-refractivity contribution in [2.75, 3.05) is 12.3 Å². The molecule has 206 valence electrons. The molecule has 17 heteroatoms. The van der Waals surface area contributed by atoms with Crippen molar-refractivity contribution >= 4 is 23.3 Å². The maximum absolute atomic E-state index is 12.1. The molecular formula is C20H28N4O13. The normalized spacial score (nSPS) is 13.1. The van der Waals surface area contributed by atoms with Crippen molar-refractivity contribution in [2.24, 2.45) is 5.73 Å². The first-order valence-electron chi connectivity index (χ1n) is 10.9. The number of benzene rings is 1. The standard InChI is InChI=1S/C20H28N4O13/c21-13-5-8-16(18(19(13)29)20(22)30)36-17(28)9-7-15(27)14(26)6-4-11(25)2-1-3-12(37-24(33)34)10-35-23(31)32/h5,8,12,14-15,26-27,29H,1-4,6-7,9-10,21H2,(H2,22,30). The first kappa shape index (κ1) is 30.8. The number of aliphatic hydroxyl groups excluding tert-OH is 2. The number of Topliss-reactive ketones (excluding diaryl/α,β-unsaturated/α-hetero) is 1. The van der Waals surface area contributed by atoms with Gasteiger partial charge in [0, 0.05) is 19.3 Å². The molecule has 3 unspecified atom stereocenters. The Morgan fingerprint density at radius 1 is 0.973 bits per heavy atom. The smallest absolute Gasteiger partial charge is 0.311 e. The third-order valence-electron chi connectivity index (χ3n) is 5.03. The molecule has 0 aliphatic heterocycles. The molecule has 17 nitrogen and oxygen atoms in total. The van der Waals surface area contributed by atoms with E-state index in [0.29, 0.717) is 0 Å². The number of carbonyl (C=O) groups is 3. The second kappa shape index (κ2) is 15.0. The van der Waals surface area contributed by atoms with E-state index in [2.05, 4.69) is 9.68 Å². The van der Waals surface area contributed by atoms with Gasteiger partial charge >= 0.3 is 5.97 Å². The number of esters is 1. The third kappa shape index (κ3) is 11.4. The zero-order valence-electron chi connectivity index (χ0n) is 19.5. The Bertz CT molecular complexity index is 987. The molecular weight excluding hydrogens is 504 g/mol. The topological polar surface area (TPSA) is 278 Å². The summed E-state index contributed by atoms with van der Waals surface area (Å²) < 4.78 is 4.99. The summed E-state index contributed by atoms with van der Waals surface area (Å²) in [6.07, 6.45) is -4.98. The lowest BCUT2D eigenvalue weighted by atomic mass is 10.0. The molecule has 0 aliphatic carbocycles. The van der Waals surface area contributed by atoms with Gasteiger partial charge in [0.1, 0.15) is 29.8 Å². The fourth-order valence-electron chi connectivity index (χ4n) is 3.13. The predicted molar refractivity (Wildman–Crippen MR) is 121 cm³/mol. The number of hydrogen-bond acceptors (Lipinski definition) is 14. The number of aromatic hydroxyl groups is 1. The Kier molecular flexibility index (Phi) is 12.5. The number of aliphatic hydroxyl groups is 2. The number of primary amides is 1. The van der Waals surface area contributed by atoms with E-state index in [-0.39, 0.29) is 62.2 Å². The number of amides is 1. The van der Waals surface area contributed by atoms with Gasteiger partial charge in [-0.15, -0.1) is 20.2 Å². The molecule has 1 aromatic carbocycles. The Balaban J connectivity index is 2.42. The molecule has 3 atom stereocenters. The number of rotatable bonds is 18. The number of hydrogen-bond donors (Lipinski definition) is 5. The second-order valence-electron chi connectivity index (χ2n) is 7.83. The number of nitrogens with zero attached hydrogens (tertiary/aromatic N) is 2. The van der Waals surface area contributed by atoms with Gasteiger partial charge in [0.2, 0.25) is 0 Å². The molecule has 0 fully saturated rings. The van der Waals surface area contributed by atoms with Crippen LogP contribution in [0.25, 0.3) is 0 Å². The molecule has 1 aromatic rings. The van der Waals surface area contributed by atoms with Gasteiger partial charge in [-0.2, -0.15) is 0 Å². The predicted octanol–water partition coefficient (Wildman–Crippen LogP) is -0.214. The molecule has 0 heterocycles. The van der Waals surface area contributed by atoms with Crippen molar-refractivity contribution in [1.82, 2.24) is 0 Å². The highest BCUT2D eigenvalue weighted by Gasteiger charge is 2.23. The van der Waals surface area contributed by atoms with E-state index >= 15 is 0 Å². The van der Waals surface area contributed by atoms with Crippen molar-refractivity contribution in [2.45, 2.75) is 63.3 Å². The van der Waals surface area contributed by atoms with Crippen LogP contribution < -0.4 is 16.2 Å². The first-order valence-corrected chi connectivity index (χ1v) is 10.9. The number of carbonyl (C=O) groups excluding carboxylic acids is 3. The number of nitrogen functional groups attached to an aromatic ring is 1. The van der Waals surface area contributed by atoms with E-state index in [0.717, 1.165) is 6.07 Å². The molecule has 1 amide bonds. The summed E-state index contributed by atoms with van der Waals surface area (Å²) in [5.41, 5.74) is 9.99. The minimum absolute atomic E-state index is 0.0676. The second-order valence-corrected chi connectivity index (χ2v) is 7.83. The minimum Gasteiger partial charge on any atom is -0.505 e. The van der Waals surface area contributed by atoms with Gasteiger partial charge in [0.15, 0.2) is 5.75 Å². The quantitative estimate of drug-likeness (QED) is 0.0408. The average Bonchev–Trinajstić information content (AvgIpc) is 2.81. The molecule has 0 aromatic heterocycles. The molecule has 0 spiro atoms. The van der Waals surface area contributed by atoms with Crippen molar-refractivity contribution in [3.63, 3.8) is 0 Å². The largest absolute Gasteiger partial charge is 0.505 e. The van der Waals surface area contributed by atoms with Gasteiger partial charge in [-0.3, -0.25) is 14.4 Å². The summed E-state index contributed by atoms with van der Waals surface area (Å²) in [5, 5.41) is 48.3. The SMILES string of the molecule is NC(=O)c1c(OC(=O)CCC(O)C(O)CCC(=O)CCCC(CO[N+](=O)[O-])O[N+](=O)[O-])ccc(N)c1O. The molecule has 1 rings (SSSR count). The van der Waals surface area contributed by atoms with Crippen LogP contribution in [0, 0.1) is 20.2 Å². The Labute approximate surface area is 209 Å². The number of nitrogens with two attached hydrogens (primary N) is 2. The van der Waals surface area contributed by atoms with Gasteiger partial charge in [0.25, 0.3) is 16.1 Å². The van der Waals surface area contributed by atoms with Crippen LogP contribution in [0.2, 0.25) is 0 Å². The maximum Gasteiger partial charge on any atom is 0.311 e. The summed E-state index contributed by atoms with van der Waals surface area (Å²) in [7, 11) is 0. The lowest BCUT2D eigenvalue weighted by Gasteiger charge is -2.17. The fraction of sp³-hybridized carbons (Fsp3) is 0.550. The summed E-state index contributed by atoms with van der Waals surface area (Å²) in [6.45, 7) is -0.682. The zero-order valence-corrected chi connectivity index (χ0v) is 19.5. The molecule has 0 saturated heterocycles. The van der Waals surface area contributed by atoms with E-state index in [1.807, 2.05) is 0 Å². The molecule has 0 radical (unpaired) electrons. The van der Waals surface area contributed by atoms with Crippen LogP contribution >= 0.6 is 0 Å². The van der Waals surface area contributed by atoms with E-state index in [4.69, 9.17) is 16.2 Å². The fourth-order valence-corrected chi connectivity index (χ4v) is 3.13. The van der Waals surface area contributed by atoms with Gasteiger partial charge < -0.3 is 41.2 Å². The van der Waals surface area contributed by atoms with E-state index in [1.165, 1.54) is 6.07 Å². The summed E-state index contributed by atoms with van der Waals surface area (Å²) in [5.74, 6) is -3.31. The lowest BCUT2D eigenvalue weighted by Crippen LogP contribution is -2.28. The van der Waals surface area contributed by atoms with E-state index in [9.17, 15) is 49.9 Å². The molecule has 0 bridgehead atoms. The highest BCUT2D eigenvalue weighted by atomic mass is 17.0. The highest BCUT2D eigenvalue weighted by Crippen LogP contribution is 2.33. The Morgan fingerprint density at radius 3 is 2.16 bits per heavy atom. The molecule has 0 saturated carbocycles. The van der Waals surface area contributed by atoms with Crippen LogP contribution in [-0.2, 0) is 19.3 Å². The number of ketones is 1. The molecule has 37 heavy (non-hydrogen) atoms. The monoisotopic (exact) mass is 532 g/mol. The third-order valence-corrected chi connectivity index (χ3v) is 5.03. The molecule has 0 aliphatic rings. The van der Waals surface area contributed by atoms with Crippen LogP contribution in [0.15, 0.2) is 12.1 Å². The summed E-state index contributed by atoms with van der Waals surface area (Å²) >= 11 is 0. The van der Waals surface area contributed by atoms with Crippen LogP contribution in [0.3, 0.4) is 0 Å². The van der Waals surface area contributed by atoms with Gasteiger partial charge in [0.05, 0.1) is 17.9 Å². The average molecular weight is 532 g/mol. The summed E-state index contributed by atoms with van der Waals surface area (Å²) in [6, 6.07) is 2.35. The van der Waals surface area contributed by atoms with Crippen LogP contribution in [0.4, 0.5) is 5.69 Å². The van der Waals surface area contributed by atoms with Crippen molar-refractivity contribution < 1.29 is 54.3 Å². The first-order chi connectivity index (χ1) is 17.3. The Morgan fingerprint density at radius 2 is 1.59 bits per heavy atom. The molecule has 7 N–H and O–H groups in total. The minimum atomic E-state index is -1.40. The number of phenols is 1.